The molecule has 5 aliphatic heterocycles. The third-order valence-corrected chi connectivity index (χ3v) is 14.9. The predicted octanol–water partition coefficient (Wildman–Crippen LogP) is 5.52. The summed E-state index contributed by atoms with van der Waals surface area (Å²) in [6.45, 7) is 5.79. The molecule has 4 aromatic rings. The number of benzene rings is 4. The van der Waals surface area contributed by atoms with Gasteiger partial charge in [0.15, 0.2) is 27.1 Å². The van der Waals surface area contributed by atoms with Gasteiger partial charge in [-0.15, -0.1) is 0 Å². The molecule has 0 bridgehead atoms. The molecule has 4 aromatic carbocycles. The minimum atomic E-state index is -3.13. The molecule has 5 atom stereocenters. The monoisotopic (exact) mass is 802 g/mol. The Kier molecular flexibility index (Phi) is 9.42. The molecule has 58 heavy (non-hydrogen) atoms. The summed E-state index contributed by atoms with van der Waals surface area (Å²) in [7, 11) is -3.13. The van der Waals surface area contributed by atoms with Gasteiger partial charge in [0.05, 0.1) is 48.8 Å². The lowest BCUT2D eigenvalue weighted by Crippen LogP contribution is -2.46. The van der Waals surface area contributed by atoms with Crippen molar-refractivity contribution in [1.29, 1.82) is 0 Å². The molecule has 2 saturated heterocycles. The number of hydrogen-bond donors (Lipinski definition) is 2. The second-order valence-electron chi connectivity index (χ2n) is 16.4. The second-order valence-corrected chi connectivity index (χ2v) is 20.3. The van der Waals surface area contributed by atoms with Gasteiger partial charge in [0, 0.05) is 34.9 Å². The first kappa shape index (κ1) is 38.0. The Balaban J connectivity index is 1.14. The van der Waals surface area contributed by atoms with E-state index in [2.05, 4.69) is 0 Å². The molecular weight excluding hydrogens is 757 g/mol. The lowest BCUT2D eigenvalue weighted by molar-refractivity contribution is -0.150. The van der Waals surface area contributed by atoms with Crippen LogP contribution in [0, 0.1) is 5.92 Å². The van der Waals surface area contributed by atoms with Crippen LogP contribution in [0.5, 0.6) is 11.5 Å². The van der Waals surface area contributed by atoms with Gasteiger partial charge in [-0.1, -0.05) is 43.3 Å². The molecule has 2 N–H and O–H groups in total. The number of ether oxygens (including phenoxy) is 3. The third-order valence-electron chi connectivity index (χ3n) is 12.4. The average molecular weight is 803 g/mol. The maximum absolute atomic E-state index is 15.4. The number of aliphatic hydroxyl groups is 1. The third kappa shape index (κ3) is 6.08. The highest BCUT2D eigenvalue weighted by Crippen LogP contribution is 2.60. The number of likely N-dealkylation sites (tertiary alicyclic amines) is 1. The van der Waals surface area contributed by atoms with Crippen LogP contribution in [0.4, 0.5) is 28.4 Å². The zero-order valence-electron chi connectivity index (χ0n) is 32.7. The lowest BCUT2D eigenvalue weighted by atomic mass is 9.82. The molecule has 5 heterocycles. The second kappa shape index (κ2) is 14.4. The number of fused-ring (bicyclic) bond motifs is 4. The largest absolute Gasteiger partial charge is 0.482 e. The fraction of sp³-hybridized carbons (Fsp3) is 0.364. The summed E-state index contributed by atoms with van der Waals surface area (Å²) < 4.78 is 18.5. The molecule has 0 aromatic heterocycles. The lowest BCUT2D eigenvalue weighted by Gasteiger charge is -2.33. The zero-order valence-corrected chi connectivity index (χ0v) is 33.7. The Bertz CT molecular complexity index is 2330. The highest BCUT2D eigenvalue weighted by Gasteiger charge is 2.66. The number of aliphatic hydroxyl groups excluding tert-OH is 1. The number of amides is 4. The van der Waals surface area contributed by atoms with Crippen molar-refractivity contribution >= 4 is 60.4 Å². The first-order valence-corrected chi connectivity index (χ1v) is 22.9. The topological polar surface area (TPSA) is 149 Å². The number of carbonyl (C=O) groups is 4. The average Bonchev–Trinajstić information content (AvgIpc) is 3.88. The summed E-state index contributed by atoms with van der Waals surface area (Å²) in [5.74, 6) is -0.451. The van der Waals surface area contributed by atoms with E-state index in [0.717, 1.165) is 12.0 Å². The van der Waals surface area contributed by atoms with Crippen LogP contribution >= 0.6 is 0 Å². The van der Waals surface area contributed by atoms with Crippen LogP contribution in [0.3, 0.4) is 0 Å². The van der Waals surface area contributed by atoms with Crippen molar-refractivity contribution < 1.29 is 43.3 Å². The summed E-state index contributed by atoms with van der Waals surface area (Å²) in [4.78, 5) is 74.7. The molecule has 0 aliphatic carbocycles. The molecular formula is C44H46N4O9Si. The fourth-order valence-electron chi connectivity index (χ4n) is 9.95. The van der Waals surface area contributed by atoms with Gasteiger partial charge in [-0.05, 0) is 86.1 Å². The van der Waals surface area contributed by atoms with Crippen LogP contribution in [0.2, 0.25) is 18.6 Å². The van der Waals surface area contributed by atoms with E-state index in [9.17, 15) is 24.3 Å². The van der Waals surface area contributed by atoms with Crippen molar-refractivity contribution in [2.45, 2.75) is 69.1 Å². The van der Waals surface area contributed by atoms with E-state index in [1.165, 1.54) is 0 Å². The van der Waals surface area contributed by atoms with Gasteiger partial charge in [0.2, 0.25) is 5.91 Å². The van der Waals surface area contributed by atoms with Crippen molar-refractivity contribution in [3.05, 3.63) is 102 Å². The van der Waals surface area contributed by atoms with E-state index in [4.69, 9.17) is 14.2 Å². The smallest absolute Gasteiger partial charge is 0.269 e. The summed E-state index contributed by atoms with van der Waals surface area (Å²) in [5.41, 5.74) is 2.08. The molecule has 9 rings (SSSR count). The first-order valence-electron chi connectivity index (χ1n) is 19.9. The highest BCUT2D eigenvalue weighted by molar-refractivity contribution is 6.71. The molecule has 0 unspecified atom stereocenters. The van der Waals surface area contributed by atoms with Gasteiger partial charge in [0.1, 0.15) is 11.5 Å². The molecule has 300 valence electrons. The van der Waals surface area contributed by atoms with Gasteiger partial charge < -0.3 is 33.9 Å². The highest BCUT2D eigenvalue weighted by atomic mass is 28.4. The number of para-hydroxylation sites is 4. The van der Waals surface area contributed by atoms with Gasteiger partial charge >= 0.3 is 0 Å². The summed E-state index contributed by atoms with van der Waals surface area (Å²) in [5, 5.41) is 10.0. The van der Waals surface area contributed by atoms with Gasteiger partial charge in [-0.2, -0.15) is 0 Å². The van der Waals surface area contributed by atoms with Crippen molar-refractivity contribution in [2.75, 3.05) is 41.1 Å². The molecule has 2 fully saturated rings. The SMILES string of the molecule is C[C@@H]1[C@@H]([Si](C)(C)O)[C@H](CC(=O)N2CCC[C@H]2CO)O[C@@]12C(=O)N(Cc1cccc(N3C(=O)COc4ccccc43)c1)c1ccc(N3C(=O)COc4ccccc43)cc12. The van der Waals surface area contributed by atoms with Crippen LogP contribution in [0.1, 0.15) is 37.3 Å². The van der Waals surface area contributed by atoms with E-state index >= 15 is 4.79 Å². The van der Waals surface area contributed by atoms with E-state index in [1.807, 2.05) is 105 Å². The Morgan fingerprint density at radius 2 is 1.47 bits per heavy atom. The van der Waals surface area contributed by atoms with E-state index in [-0.39, 0.29) is 62.5 Å². The number of carbonyl (C=O) groups excluding carboxylic acids is 4. The summed E-state index contributed by atoms with van der Waals surface area (Å²) in [6.07, 6.45) is 0.639. The standard InChI is InChI=1S/C44H46N4O9Si/c1-27-42(58(2,3)54)38(22-39(50)45-19-9-12-31(45)24-49)57-44(27)32-21-30(48-35-14-5-7-16-37(35)56-26-41(48)52)17-18-33(32)46(43(44)53)23-28-10-8-11-29(20-28)47-34-13-4-6-15-36(34)55-25-40(47)51/h4-8,10-11,13-18,20-21,27,31,38,42,49,54H,9,12,19,22-26H2,1-3H3/t27-,31+,38+,42-,44+/m1/s1. The minimum absolute atomic E-state index is 0.0566. The van der Waals surface area contributed by atoms with Gasteiger partial charge in [0.25, 0.3) is 17.7 Å². The minimum Gasteiger partial charge on any atom is -0.482 e. The van der Waals surface area contributed by atoms with Crippen LogP contribution in [0.15, 0.2) is 91.0 Å². The van der Waals surface area contributed by atoms with Crippen LogP contribution in [-0.4, -0.2) is 85.3 Å². The molecule has 0 radical (unpaired) electrons. The summed E-state index contributed by atoms with van der Waals surface area (Å²) in [6, 6.07) is 27.3. The zero-order chi connectivity index (χ0) is 40.5. The maximum atomic E-state index is 15.4. The molecule has 5 aliphatic rings. The number of rotatable bonds is 8. The van der Waals surface area contributed by atoms with E-state index in [0.29, 0.717) is 58.5 Å². The van der Waals surface area contributed by atoms with Gasteiger partial charge in [-0.25, -0.2) is 0 Å². The molecule has 1 spiro atoms. The number of nitrogens with zero attached hydrogens (tertiary/aromatic N) is 4. The fourth-order valence-corrected chi connectivity index (χ4v) is 12.5. The summed E-state index contributed by atoms with van der Waals surface area (Å²) >= 11 is 0. The quantitative estimate of drug-likeness (QED) is 0.220. The first-order chi connectivity index (χ1) is 27.9. The van der Waals surface area contributed by atoms with Crippen molar-refractivity contribution in [2.24, 2.45) is 5.92 Å². The van der Waals surface area contributed by atoms with Crippen LogP contribution < -0.4 is 24.2 Å². The van der Waals surface area contributed by atoms with Crippen molar-refractivity contribution in [1.82, 2.24) is 4.90 Å². The molecule has 13 nitrogen and oxygen atoms in total. The van der Waals surface area contributed by atoms with Gasteiger partial charge in [-0.3, -0.25) is 29.0 Å². The molecule has 4 amide bonds. The predicted molar refractivity (Wildman–Crippen MR) is 218 cm³/mol. The van der Waals surface area contributed by atoms with Crippen molar-refractivity contribution in [3.63, 3.8) is 0 Å². The Hall–Kier alpha value is -5.54. The Labute approximate surface area is 337 Å². The molecule has 0 saturated carbocycles. The normalized spacial score (nSPS) is 25.2. The number of anilines is 5. The van der Waals surface area contributed by atoms with Crippen LogP contribution in [0.25, 0.3) is 0 Å². The van der Waals surface area contributed by atoms with E-state index in [1.54, 1.807) is 25.7 Å². The van der Waals surface area contributed by atoms with Crippen LogP contribution in [-0.2, 0) is 36.1 Å². The maximum Gasteiger partial charge on any atom is 0.269 e. The Morgan fingerprint density at radius 1 is 0.828 bits per heavy atom. The molecule has 14 heteroatoms. The van der Waals surface area contributed by atoms with Crippen molar-refractivity contribution in [3.8, 4) is 11.5 Å². The van der Waals surface area contributed by atoms with E-state index < -0.39 is 31.5 Å². The number of hydrogen-bond acceptors (Lipinski definition) is 9. The Morgan fingerprint density at radius 3 is 2.10 bits per heavy atom.